The molecule has 1 heterocycles. The van der Waals surface area contributed by atoms with E-state index in [2.05, 4.69) is 4.74 Å². The molecule has 8 heteroatoms. The molecular weight excluding hydrogens is 299 g/mol. The van der Waals surface area contributed by atoms with Crippen molar-refractivity contribution < 1.29 is 36.6 Å². The van der Waals surface area contributed by atoms with Gasteiger partial charge < -0.3 is 9.84 Å². The fraction of sp³-hybridized carbons (Fsp3) is 0.462. The third kappa shape index (κ3) is 2.22. The van der Waals surface area contributed by atoms with E-state index in [9.17, 15) is 31.9 Å². The van der Waals surface area contributed by atoms with Gasteiger partial charge in [0, 0.05) is 17.5 Å². The molecule has 1 aliphatic heterocycles. The second kappa shape index (κ2) is 4.57. The summed E-state index contributed by atoms with van der Waals surface area (Å²) in [6, 6.07) is 0.920. The number of aromatic hydroxyl groups is 1. The molecule has 3 atom stereocenters. The van der Waals surface area contributed by atoms with E-state index in [1.54, 1.807) is 0 Å². The Morgan fingerprint density at radius 1 is 1.24 bits per heavy atom. The second-order valence-corrected chi connectivity index (χ2v) is 5.12. The van der Waals surface area contributed by atoms with Gasteiger partial charge in [0.25, 0.3) is 0 Å². The fourth-order valence-electron chi connectivity index (χ4n) is 2.40. The number of hydrogen-bond donors (Lipinski definition) is 1. The summed E-state index contributed by atoms with van der Waals surface area (Å²) < 4.78 is 69.7. The monoisotopic (exact) mass is 310 g/mol. The summed E-state index contributed by atoms with van der Waals surface area (Å²) in [4.78, 5) is 11.7. The Kier molecular flexibility index (Phi) is 3.38. The lowest BCUT2D eigenvalue weighted by atomic mass is 9.79. The van der Waals surface area contributed by atoms with Crippen molar-refractivity contribution >= 4 is 5.97 Å². The van der Waals surface area contributed by atoms with E-state index in [-0.39, 0.29) is 0 Å². The smallest absolute Gasteiger partial charge is 0.428 e. The van der Waals surface area contributed by atoms with Crippen LogP contribution in [0, 0.1) is 17.6 Å². The summed E-state index contributed by atoms with van der Waals surface area (Å²) in [7, 11) is 0. The Balaban J connectivity index is 2.52. The maximum absolute atomic E-state index is 13.2. The Bertz CT molecular complexity index is 598. The number of carbonyl (C=O) groups excluding carboxylic acids is 1. The number of esters is 1. The van der Waals surface area contributed by atoms with Crippen LogP contribution in [0.25, 0.3) is 0 Å². The maximum Gasteiger partial charge on any atom is 0.428 e. The van der Waals surface area contributed by atoms with E-state index in [4.69, 9.17) is 0 Å². The molecule has 0 spiro atoms. The first kappa shape index (κ1) is 15.5. The molecule has 0 aliphatic carbocycles. The first-order valence-electron chi connectivity index (χ1n) is 5.96. The number of alkyl halides is 3. The first-order valence-corrected chi connectivity index (χ1v) is 5.96. The van der Waals surface area contributed by atoms with Crippen molar-refractivity contribution in [2.45, 2.75) is 31.5 Å². The largest absolute Gasteiger partial charge is 0.508 e. The molecule has 0 unspecified atom stereocenters. The van der Waals surface area contributed by atoms with Gasteiger partial charge in [0.05, 0.1) is 5.92 Å². The van der Waals surface area contributed by atoms with Gasteiger partial charge in [0.1, 0.15) is 5.75 Å². The van der Waals surface area contributed by atoms with Crippen LogP contribution in [-0.4, -0.2) is 22.9 Å². The molecule has 116 valence electrons. The lowest BCUT2D eigenvalue weighted by molar-refractivity contribution is -0.262. The van der Waals surface area contributed by atoms with Gasteiger partial charge in [0.15, 0.2) is 11.6 Å². The summed E-state index contributed by atoms with van der Waals surface area (Å²) >= 11 is 0. The van der Waals surface area contributed by atoms with Gasteiger partial charge in [-0.05, 0) is 13.0 Å². The van der Waals surface area contributed by atoms with Gasteiger partial charge in [-0.25, -0.2) is 8.78 Å². The number of benzene rings is 1. The highest BCUT2D eigenvalue weighted by Crippen LogP contribution is 2.52. The molecule has 1 N–H and O–H groups in total. The Morgan fingerprint density at radius 2 is 1.76 bits per heavy atom. The van der Waals surface area contributed by atoms with Crippen LogP contribution in [-0.2, 0) is 9.53 Å². The van der Waals surface area contributed by atoms with E-state index < -0.39 is 52.5 Å². The van der Waals surface area contributed by atoms with Crippen LogP contribution in [0.2, 0.25) is 0 Å². The number of hydrogen-bond acceptors (Lipinski definition) is 3. The van der Waals surface area contributed by atoms with Gasteiger partial charge in [-0.1, -0.05) is 6.92 Å². The van der Waals surface area contributed by atoms with Crippen molar-refractivity contribution in [3.05, 3.63) is 29.3 Å². The highest BCUT2D eigenvalue weighted by molar-refractivity contribution is 5.82. The molecular formula is C13H11F5O3. The summed E-state index contributed by atoms with van der Waals surface area (Å²) in [5.41, 5.74) is -3.19. The fourth-order valence-corrected chi connectivity index (χ4v) is 2.40. The maximum atomic E-state index is 13.2. The van der Waals surface area contributed by atoms with Gasteiger partial charge in [0.2, 0.25) is 5.60 Å². The SMILES string of the molecule is C[C@H]1[C@@H](c2cc(F)c(F)cc2O)C(=O)O[C@@]1(C)C(F)(F)F. The minimum absolute atomic E-state index is 0.411. The third-order valence-corrected chi connectivity index (χ3v) is 3.90. The summed E-state index contributed by atoms with van der Waals surface area (Å²) in [5, 5.41) is 9.59. The number of phenols is 1. The Labute approximate surface area is 116 Å². The molecule has 0 saturated carbocycles. The summed E-state index contributed by atoms with van der Waals surface area (Å²) in [6.07, 6.45) is -4.83. The lowest BCUT2D eigenvalue weighted by Gasteiger charge is -2.30. The van der Waals surface area contributed by atoms with Crippen molar-refractivity contribution in [1.29, 1.82) is 0 Å². The molecule has 0 bridgehead atoms. The van der Waals surface area contributed by atoms with Gasteiger partial charge in [-0.15, -0.1) is 0 Å². The number of rotatable bonds is 1. The van der Waals surface area contributed by atoms with E-state index >= 15 is 0 Å². The molecule has 3 nitrogen and oxygen atoms in total. The third-order valence-electron chi connectivity index (χ3n) is 3.90. The van der Waals surface area contributed by atoms with E-state index in [1.807, 2.05) is 0 Å². The van der Waals surface area contributed by atoms with E-state index in [0.717, 1.165) is 6.92 Å². The normalized spacial score (nSPS) is 29.6. The predicted molar refractivity (Wildman–Crippen MR) is 60.5 cm³/mol. The molecule has 0 amide bonds. The molecule has 2 rings (SSSR count). The standard InChI is InChI=1S/C13H11F5O3/c1-5-10(6-3-7(14)8(15)4-9(6)19)11(20)21-12(5,2)13(16,17)18/h3-5,10,19H,1-2H3/t5-,10-,12+/m0/s1. The van der Waals surface area contributed by atoms with Gasteiger partial charge in [-0.3, -0.25) is 4.79 Å². The van der Waals surface area contributed by atoms with Crippen molar-refractivity contribution in [2.24, 2.45) is 5.92 Å². The molecule has 21 heavy (non-hydrogen) atoms. The van der Waals surface area contributed by atoms with Crippen molar-refractivity contribution in [1.82, 2.24) is 0 Å². The van der Waals surface area contributed by atoms with Crippen molar-refractivity contribution in [3.8, 4) is 5.75 Å². The van der Waals surface area contributed by atoms with Crippen LogP contribution in [0.5, 0.6) is 5.75 Å². The number of halogens is 5. The van der Waals surface area contributed by atoms with Crippen LogP contribution in [0.15, 0.2) is 12.1 Å². The van der Waals surface area contributed by atoms with Crippen molar-refractivity contribution in [2.75, 3.05) is 0 Å². The van der Waals surface area contributed by atoms with Crippen LogP contribution in [0.4, 0.5) is 22.0 Å². The van der Waals surface area contributed by atoms with Gasteiger partial charge >= 0.3 is 12.1 Å². The number of carbonyl (C=O) groups is 1. The minimum Gasteiger partial charge on any atom is -0.508 e. The number of ether oxygens (including phenoxy) is 1. The van der Waals surface area contributed by atoms with Crippen LogP contribution < -0.4 is 0 Å². The zero-order valence-electron chi connectivity index (χ0n) is 11.0. The van der Waals surface area contributed by atoms with Crippen LogP contribution >= 0.6 is 0 Å². The van der Waals surface area contributed by atoms with Crippen molar-refractivity contribution in [3.63, 3.8) is 0 Å². The predicted octanol–water partition coefficient (Wildman–Crippen LogP) is 3.27. The number of phenolic OH excluding ortho intramolecular Hbond substituents is 1. The molecule has 0 radical (unpaired) electrons. The van der Waals surface area contributed by atoms with E-state index in [0.29, 0.717) is 19.1 Å². The zero-order valence-corrected chi connectivity index (χ0v) is 11.0. The minimum atomic E-state index is -4.83. The number of cyclic esters (lactones) is 1. The zero-order chi connectivity index (χ0) is 16.2. The van der Waals surface area contributed by atoms with Crippen LogP contribution in [0.3, 0.4) is 0 Å². The average Bonchev–Trinajstić information content (AvgIpc) is 2.56. The highest BCUT2D eigenvalue weighted by Gasteiger charge is 2.65. The quantitative estimate of drug-likeness (QED) is 0.640. The average molecular weight is 310 g/mol. The summed E-state index contributed by atoms with van der Waals surface area (Å²) in [5.74, 6) is -7.73. The lowest BCUT2D eigenvalue weighted by Crippen LogP contribution is -2.46. The molecule has 1 aromatic rings. The molecule has 1 fully saturated rings. The second-order valence-electron chi connectivity index (χ2n) is 5.12. The summed E-state index contributed by atoms with van der Waals surface area (Å²) in [6.45, 7) is 1.80. The van der Waals surface area contributed by atoms with Crippen LogP contribution in [0.1, 0.15) is 25.3 Å². The molecule has 1 aromatic carbocycles. The molecule has 1 aliphatic rings. The first-order chi connectivity index (χ1) is 9.49. The topological polar surface area (TPSA) is 46.5 Å². The Hall–Kier alpha value is -1.86. The highest BCUT2D eigenvalue weighted by atomic mass is 19.4. The Morgan fingerprint density at radius 3 is 2.24 bits per heavy atom. The van der Waals surface area contributed by atoms with E-state index in [1.165, 1.54) is 0 Å². The molecule has 0 aromatic heterocycles. The van der Waals surface area contributed by atoms with Gasteiger partial charge in [-0.2, -0.15) is 13.2 Å². The molecule has 1 saturated heterocycles.